The Bertz CT molecular complexity index is 753. The maximum atomic E-state index is 12.5. The second-order valence-corrected chi connectivity index (χ2v) is 9.62. The first-order valence-corrected chi connectivity index (χ1v) is 12.1. The van der Waals surface area contributed by atoms with Crippen LogP contribution in [0.1, 0.15) is 12.0 Å². The second kappa shape index (κ2) is 10.4. The molecule has 1 atom stereocenters. The summed E-state index contributed by atoms with van der Waals surface area (Å²) in [7, 11) is -3.33. The van der Waals surface area contributed by atoms with Gasteiger partial charge < -0.3 is 15.0 Å². The number of ether oxygens (including phenoxy) is 1. The lowest BCUT2D eigenvalue weighted by Crippen LogP contribution is -2.48. The van der Waals surface area contributed by atoms with Crippen molar-refractivity contribution in [2.24, 2.45) is 0 Å². The molecule has 1 aromatic rings. The number of carbonyl (C=O) groups is 1. The molecule has 0 bridgehead atoms. The summed E-state index contributed by atoms with van der Waals surface area (Å²) >= 11 is 0. The molecule has 2 aliphatic rings. The standard InChI is InChI=1S/C20H32N4O4S/c1-29(26,27)24(12-11-22-13-15-28-16-14-22)19-8-10-23(17-19)20(25)21-9-7-18-5-3-2-4-6-18/h2-6,19H,7-17H2,1H3,(H,21,25)/t19-/m0/s1. The number of benzene rings is 1. The minimum Gasteiger partial charge on any atom is -0.379 e. The van der Waals surface area contributed by atoms with E-state index >= 15 is 0 Å². The molecule has 9 heteroatoms. The van der Waals surface area contributed by atoms with Crippen molar-refractivity contribution >= 4 is 16.1 Å². The summed E-state index contributed by atoms with van der Waals surface area (Å²) < 4.78 is 31.6. The number of hydrogen-bond donors (Lipinski definition) is 1. The van der Waals surface area contributed by atoms with Crippen LogP contribution in [0.4, 0.5) is 4.79 Å². The molecule has 1 N–H and O–H groups in total. The van der Waals surface area contributed by atoms with Crippen LogP contribution < -0.4 is 5.32 Å². The Morgan fingerprint density at radius 2 is 1.93 bits per heavy atom. The molecule has 0 saturated carbocycles. The van der Waals surface area contributed by atoms with Gasteiger partial charge in [-0.3, -0.25) is 4.90 Å². The minimum absolute atomic E-state index is 0.120. The SMILES string of the molecule is CS(=O)(=O)N(CCN1CCOCC1)[C@H]1CCN(C(=O)NCCc2ccccc2)C1. The van der Waals surface area contributed by atoms with Crippen LogP contribution in [-0.2, 0) is 21.2 Å². The van der Waals surface area contributed by atoms with Gasteiger partial charge >= 0.3 is 6.03 Å². The number of morpholine rings is 1. The number of carbonyl (C=O) groups excluding carboxylic acids is 1. The lowest BCUT2D eigenvalue weighted by molar-refractivity contribution is 0.0354. The van der Waals surface area contributed by atoms with Crippen LogP contribution >= 0.6 is 0 Å². The maximum absolute atomic E-state index is 12.5. The number of nitrogens with zero attached hydrogens (tertiary/aromatic N) is 3. The van der Waals surface area contributed by atoms with E-state index in [2.05, 4.69) is 10.2 Å². The number of rotatable bonds is 8. The van der Waals surface area contributed by atoms with Gasteiger partial charge in [-0.25, -0.2) is 13.2 Å². The molecule has 2 fully saturated rings. The van der Waals surface area contributed by atoms with Crippen LogP contribution in [-0.4, -0.2) is 99.9 Å². The topological polar surface area (TPSA) is 82.2 Å². The maximum Gasteiger partial charge on any atom is 0.317 e. The van der Waals surface area contributed by atoms with Gasteiger partial charge in [0.15, 0.2) is 0 Å². The second-order valence-electron chi connectivity index (χ2n) is 7.68. The minimum atomic E-state index is -3.33. The van der Waals surface area contributed by atoms with Crippen molar-refractivity contribution in [2.75, 3.05) is 65.3 Å². The van der Waals surface area contributed by atoms with E-state index in [0.29, 0.717) is 52.4 Å². The Hall–Kier alpha value is -1.68. The fraction of sp³-hybridized carbons (Fsp3) is 0.650. The summed E-state index contributed by atoms with van der Waals surface area (Å²) in [4.78, 5) is 16.4. The van der Waals surface area contributed by atoms with Crippen LogP contribution in [0.2, 0.25) is 0 Å². The highest BCUT2D eigenvalue weighted by Crippen LogP contribution is 2.18. The molecule has 1 aromatic carbocycles. The zero-order valence-electron chi connectivity index (χ0n) is 17.1. The molecule has 0 aliphatic carbocycles. The molecule has 0 aromatic heterocycles. The quantitative estimate of drug-likeness (QED) is 0.661. The summed E-state index contributed by atoms with van der Waals surface area (Å²) in [5.41, 5.74) is 1.18. The molecule has 2 saturated heterocycles. The number of nitrogens with one attached hydrogen (secondary N) is 1. The highest BCUT2D eigenvalue weighted by atomic mass is 32.2. The Morgan fingerprint density at radius 3 is 2.62 bits per heavy atom. The van der Waals surface area contributed by atoms with Crippen molar-refractivity contribution in [3.05, 3.63) is 35.9 Å². The van der Waals surface area contributed by atoms with Crippen molar-refractivity contribution in [1.29, 1.82) is 0 Å². The molecule has 162 valence electrons. The van der Waals surface area contributed by atoms with E-state index in [4.69, 9.17) is 4.74 Å². The van der Waals surface area contributed by atoms with E-state index in [-0.39, 0.29) is 12.1 Å². The summed E-state index contributed by atoms with van der Waals surface area (Å²) in [6, 6.07) is 9.74. The zero-order chi connectivity index (χ0) is 20.7. The van der Waals surface area contributed by atoms with Gasteiger partial charge in [-0.05, 0) is 18.4 Å². The third kappa shape index (κ3) is 6.67. The summed E-state index contributed by atoms with van der Waals surface area (Å²) in [6.45, 7) is 5.77. The molecule has 2 heterocycles. The molecule has 29 heavy (non-hydrogen) atoms. The van der Waals surface area contributed by atoms with Crippen molar-refractivity contribution in [3.8, 4) is 0 Å². The van der Waals surface area contributed by atoms with E-state index in [1.165, 1.54) is 11.8 Å². The van der Waals surface area contributed by atoms with E-state index in [1.54, 1.807) is 9.21 Å². The third-order valence-electron chi connectivity index (χ3n) is 5.56. The van der Waals surface area contributed by atoms with Crippen molar-refractivity contribution < 1.29 is 17.9 Å². The molecule has 0 unspecified atom stereocenters. The van der Waals surface area contributed by atoms with E-state index < -0.39 is 10.0 Å². The smallest absolute Gasteiger partial charge is 0.317 e. The van der Waals surface area contributed by atoms with Crippen LogP contribution in [0, 0.1) is 0 Å². The fourth-order valence-corrected chi connectivity index (χ4v) is 5.04. The van der Waals surface area contributed by atoms with Crippen LogP contribution in [0.15, 0.2) is 30.3 Å². The molecular formula is C20H32N4O4S. The number of urea groups is 1. The Kier molecular flexibility index (Phi) is 7.88. The number of likely N-dealkylation sites (tertiary alicyclic amines) is 1. The average Bonchev–Trinajstić information content (AvgIpc) is 3.18. The normalized spacial score (nSPS) is 20.9. The Morgan fingerprint density at radius 1 is 1.21 bits per heavy atom. The zero-order valence-corrected chi connectivity index (χ0v) is 17.9. The van der Waals surface area contributed by atoms with Crippen molar-refractivity contribution in [3.63, 3.8) is 0 Å². The fourth-order valence-electron chi connectivity index (χ4n) is 3.92. The summed E-state index contributed by atoms with van der Waals surface area (Å²) in [5, 5.41) is 2.95. The molecule has 0 spiro atoms. The third-order valence-corrected chi connectivity index (χ3v) is 6.89. The average molecular weight is 425 g/mol. The highest BCUT2D eigenvalue weighted by molar-refractivity contribution is 7.88. The van der Waals surface area contributed by atoms with Crippen LogP contribution in [0.3, 0.4) is 0 Å². The molecule has 3 rings (SSSR count). The molecule has 2 aliphatic heterocycles. The lowest BCUT2D eigenvalue weighted by Gasteiger charge is -2.31. The van der Waals surface area contributed by atoms with Crippen molar-refractivity contribution in [1.82, 2.24) is 19.4 Å². The van der Waals surface area contributed by atoms with Gasteiger partial charge in [0.1, 0.15) is 0 Å². The first-order chi connectivity index (χ1) is 13.9. The first-order valence-electron chi connectivity index (χ1n) is 10.3. The largest absolute Gasteiger partial charge is 0.379 e. The lowest BCUT2D eigenvalue weighted by atomic mass is 10.1. The van der Waals surface area contributed by atoms with E-state index in [0.717, 1.165) is 19.5 Å². The highest BCUT2D eigenvalue weighted by Gasteiger charge is 2.34. The number of hydrogen-bond acceptors (Lipinski definition) is 5. The first kappa shape index (κ1) is 22.0. The Labute approximate surface area is 173 Å². The summed E-state index contributed by atoms with van der Waals surface area (Å²) in [5.74, 6) is 0. The predicted octanol–water partition coefficient (Wildman–Crippen LogP) is 0.607. The molecule has 8 nitrogen and oxygen atoms in total. The van der Waals surface area contributed by atoms with Crippen LogP contribution in [0.5, 0.6) is 0 Å². The van der Waals surface area contributed by atoms with Gasteiger partial charge in [0, 0.05) is 51.9 Å². The monoisotopic (exact) mass is 424 g/mol. The van der Waals surface area contributed by atoms with Gasteiger partial charge in [-0.15, -0.1) is 0 Å². The van der Waals surface area contributed by atoms with Gasteiger partial charge in [-0.2, -0.15) is 4.31 Å². The molecule has 2 amide bonds. The molecular weight excluding hydrogens is 392 g/mol. The van der Waals surface area contributed by atoms with Gasteiger partial charge in [-0.1, -0.05) is 30.3 Å². The van der Waals surface area contributed by atoms with Crippen molar-refractivity contribution in [2.45, 2.75) is 18.9 Å². The van der Waals surface area contributed by atoms with Crippen LogP contribution in [0.25, 0.3) is 0 Å². The van der Waals surface area contributed by atoms with E-state index in [9.17, 15) is 13.2 Å². The number of sulfonamides is 1. The number of amides is 2. The Balaban J connectivity index is 1.47. The van der Waals surface area contributed by atoms with Gasteiger partial charge in [0.05, 0.1) is 19.5 Å². The van der Waals surface area contributed by atoms with E-state index in [1.807, 2.05) is 30.3 Å². The molecule has 0 radical (unpaired) electrons. The van der Waals surface area contributed by atoms with Gasteiger partial charge in [0.25, 0.3) is 0 Å². The van der Waals surface area contributed by atoms with Gasteiger partial charge in [0.2, 0.25) is 10.0 Å². The summed E-state index contributed by atoms with van der Waals surface area (Å²) in [6.07, 6.45) is 2.70. The predicted molar refractivity (Wildman–Crippen MR) is 112 cm³/mol.